The molecule has 0 saturated heterocycles. The van der Waals surface area contributed by atoms with Gasteiger partial charge in [-0.25, -0.2) is 4.79 Å². The van der Waals surface area contributed by atoms with Crippen LogP contribution in [0.15, 0.2) is 18.2 Å². The average molecular weight is 276 g/mol. The predicted octanol–water partition coefficient (Wildman–Crippen LogP) is 0.389. The fraction of sp³-hybridized carbons (Fsp3) is 0. The summed E-state index contributed by atoms with van der Waals surface area (Å²) in [6, 6.07) is 2.71. The Morgan fingerprint density at radius 2 is 1.68 bits per heavy atom. The van der Waals surface area contributed by atoms with Crippen molar-refractivity contribution in [2.24, 2.45) is 0 Å². The summed E-state index contributed by atoms with van der Waals surface area (Å²) in [6.07, 6.45) is 0. The van der Waals surface area contributed by atoms with Crippen molar-refractivity contribution < 1.29 is 39.8 Å². The molecule has 0 aliphatic carbocycles. The van der Waals surface area contributed by atoms with Gasteiger partial charge in [-0.15, -0.1) is 20.2 Å². The Bertz CT molecular complexity index is 515. The van der Waals surface area contributed by atoms with E-state index in [0.717, 1.165) is 18.2 Å². The van der Waals surface area contributed by atoms with Crippen LogP contribution in [-0.4, -0.2) is 21.2 Å². The summed E-state index contributed by atoms with van der Waals surface area (Å²) in [6.45, 7) is 0. The minimum Gasteiger partial charge on any atom is -0.478 e. The Hall–Kier alpha value is -3.31. The molecule has 1 aromatic carbocycles. The van der Waals surface area contributed by atoms with Crippen LogP contribution in [-0.2, 0) is 9.98 Å². The number of hydrogen-bond donors (Lipinski definition) is 1. The first-order valence-electron chi connectivity index (χ1n) is 4.25. The van der Waals surface area contributed by atoms with E-state index in [2.05, 4.69) is 19.8 Å². The van der Waals surface area contributed by atoms with Gasteiger partial charge in [-0.05, 0) is 12.1 Å². The Morgan fingerprint density at radius 3 is 2.21 bits per heavy atom. The standard InChI is InChI=1S/C7H4N2O10/c10-7(11)5-3-4(16-18-8(12)13)1-2-6(5)17-19-9(14)15/h1-3H,(H,10,11). The zero-order valence-corrected chi connectivity index (χ0v) is 8.75. The van der Waals surface area contributed by atoms with E-state index in [0.29, 0.717) is 0 Å². The van der Waals surface area contributed by atoms with Crippen LogP contribution in [0.2, 0.25) is 0 Å². The predicted molar refractivity (Wildman–Crippen MR) is 50.8 cm³/mol. The summed E-state index contributed by atoms with van der Waals surface area (Å²) < 4.78 is 0. The molecule has 1 rings (SSSR count). The smallest absolute Gasteiger partial charge is 0.339 e. The highest BCUT2D eigenvalue weighted by atomic mass is 17.3. The van der Waals surface area contributed by atoms with Crippen LogP contribution in [0.1, 0.15) is 10.4 Å². The molecule has 0 heterocycles. The highest BCUT2D eigenvalue weighted by Crippen LogP contribution is 2.24. The Balaban J connectivity index is 2.91. The molecule has 1 N–H and O–H groups in total. The molecule has 0 spiro atoms. The second-order valence-electron chi connectivity index (χ2n) is 2.73. The molecule has 0 fully saturated rings. The minimum atomic E-state index is -1.53. The molecule has 0 saturated carbocycles. The number of carboxylic acids is 1. The van der Waals surface area contributed by atoms with E-state index in [4.69, 9.17) is 5.11 Å². The van der Waals surface area contributed by atoms with Crippen molar-refractivity contribution in [3.8, 4) is 11.5 Å². The van der Waals surface area contributed by atoms with Crippen LogP contribution < -0.4 is 9.78 Å². The third-order valence-corrected chi connectivity index (χ3v) is 1.56. The fourth-order valence-electron chi connectivity index (χ4n) is 0.945. The third kappa shape index (κ3) is 4.22. The first-order valence-corrected chi connectivity index (χ1v) is 4.25. The maximum atomic E-state index is 10.8. The van der Waals surface area contributed by atoms with Crippen LogP contribution in [0.4, 0.5) is 0 Å². The number of hydrogen-bond acceptors (Lipinski definition) is 9. The molecule has 0 amide bonds. The lowest BCUT2D eigenvalue weighted by atomic mass is 10.2. The minimum absolute atomic E-state index is 0.331. The molecule has 0 unspecified atom stereocenters. The van der Waals surface area contributed by atoms with Crippen LogP contribution in [0, 0.1) is 20.2 Å². The molecule has 0 radical (unpaired) electrons. The van der Waals surface area contributed by atoms with E-state index in [-0.39, 0.29) is 5.75 Å². The Labute approximate surface area is 102 Å². The van der Waals surface area contributed by atoms with E-state index in [1.165, 1.54) is 0 Å². The number of aromatic carboxylic acids is 1. The van der Waals surface area contributed by atoms with Crippen LogP contribution in [0.25, 0.3) is 0 Å². The van der Waals surface area contributed by atoms with E-state index >= 15 is 0 Å². The van der Waals surface area contributed by atoms with Crippen molar-refractivity contribution in [3.05, 3.63) is 44.0 Å². The second kappa shape index (κ2) is 5.85. The number of nitrogens with zero attached hydrogens (tertiary/aromatic N) is 2. The van der Waals surface area contributed by atoms with Gasteiger partial charge in [-0.2, -0.15) is 0 Å². The van der Waals surface area contributed by atoms with Crippen molar-refractivity contribution in [1.82, 2.24) is 0 Å². The first-order chi connectivity index (χ1) is 8.90. The van der Waals surface area contributed by atoms with Crippen LogP contribution in [0.3, 0.4) is 0 Å². The molecule has 1 aromatic rings. The van der Waals surface area contributed by atoms with Crippen molar-refractivity contribution in [2.75, 3.05) is 0 Å². The summed E-state index contributed by atoms with van der Waals surface area (Å²) >= 11 is 0. The molecule has 0 aliphatic rings. The molecule has 0 aliphatic heterocycles. The summed E-state index contributed by atoms with van der Waals surface area (Å²) in [5, 5.41) is 26.0. The summed E-state index contributed by atoms with van der Waals surface area (Å²) in [5.41, 5.74) is -0.591. The summed E-state index contributed by atoms with van der Waals surface area (Å²) in [5.74, 6) is -2.37. The molecule has 19 heavy (non-hydrogen) atoms. The number of benzene rings is 1. The molecule has 12 heteroatoms. The van der Waals surface area contributed by atoms with E-state index in [1.807, 2.05) is 0 Å². The maximum absolute atomic E-state index is 10.8. The molecular weight excluding hydrogens is 272 g/mol. The largest absolute Gasteiger partial charge is 0.478 e. The lowest BCUT2D eigenvalue weighted by Gasteiger charge is -2.06. The van der Waals surface area contributed by atoms with Crippen molar-refractivity contribution >= 4 is 5.97 Å². The van der Waals surface area contributed by atoms with Crippen LogP contribution in [0.5, 0.6) is 11.5 Å². The quantitative estimate of drug-likeness (QED) is 0.418. The van der Waals surface area contributed by atoms with Gasteiger partial charge in [0.1, 0.15) is 5.56 Å². The Morgan fingerprint density at radius 1 is 1.11 bits per heavy atom. The zero-order chi connectivity index (χ0) is 14.4. The second-order valence-corrected chi connectivity index (χ2v) is 2.73. The highest BCUT2D eigenvalue weighted by molar-refractivity contribution is 5.91. The number of carboxylic acid groups (broad SMARTS) is 1. The van der Waals surface area contributed by atoms with Gasteiger partial charge < -0.3 is 9.99 Å². The van der Waals surface area contributed by atoms with Crippen molar-refractivity contribution in [1.29, 1.82) is 0 Å². The van der Waals surface area contributed by atoms with E-state index in [1.54, 1.807) is 0 Å². The van der Waals surface area contributed by atoms with Crippen molar-refractivity contribution in [2.45, 2.75) is 0 Å². The molecule has 102 valence electrons. The van der Waals surface area contributed by atoms with Crippen molar-refractivity contribution in [3.63, 3.8) is 0 Å². The number of rotatable bonds is 7. The lowest BCUT2D eigenvalue weighted by Crippen LogP contribution is -2.09. The van der Waals surface area contributed by atoms with Gasteiger partial charge in [0.25, 0.3) is 0 Å². The summed E-state index contributed by atoms with van der Waals surface area (Å²) in [4.78, 5) is 45.9. The van der Waals surface area contributed by atoms with Gasteiger partial charge in [0.15, 0.2) is 11.5 Å². The molecule has 0 bridgehead atoms. The normalized spacial score (nSPS) is 9.26. The van der Waals surface area contributed by atoms with Gasteiger partial charge >= 0.3 is 16.1 Å². The zero-order valence-electron chi connectivity index (χ0n) is 8.75. The van der Waals surface area contributed by atoms with E-state index in [9.17, 15) is 25.0 Å². The average Bonchev–Trinajstić information content (AvgIpc) is 2.33. The third-order valence-electron chi connectivity index (χ3n) is 1.56. The maximum Gasteiger partial charge on any atom is 0.339 e. The molecule has 12 nitrogen and oxygen atoms in total. The molecule has 0 aromatic heterocycles. The Kier molecular flexibility index (Phi) is 4.24. The lowest BCUT2D eigenvalue weighted by molar-refractivity contribution is -0.833. The SMILES string of the molecule is O=C(O)c1cc(OO[N+](=O)[O-])ccc1OO[N+](=O)[O-]. The van der Waals surface area contributed by atoms with Gasteiger partial charge in [-0.3, -0.25) is 4.89 Å². The summed E-state index contributed by atoms with van der Waals surface area (Å²) in [7, 11) is 0. The topological polar surface area (TPSA) is 161 Å². The molecular formula is C7H4N2O10. The fourth-order valence-corrected chi connectivity index (χ4v) is 0.945. The van der Waals surface area contributed by atoms with Gasteiger partial charge in [-0.1, -0.05) is 9.98 Å². The monoisotopic (exact) mass is 276 g/mol. The molecule has 0 atom stereocenters. The van der Waals surface area contributed by atoms with E-state index < -0.39 is 27.5 Å². The first kappa shape index (κ1) is 13.8. The highest BCUT2D eigenvalue weighted by Gasteiger charge is 2.16. The van der Waals surface area contributed by atoms with Gasteiger partial charge in [0.05, 0.1) is 0 Å². The van der Waals surface area contributed by atoms with Gasteiger partial charge in [0.2, 0.25) is 0 Å². The van der Waals surface area contributed by atoms with Crippen LogP contribution >= 0.6 is 0 Å². The number of carbonyl (C=O) groups is 1. The van der Waals surface area contributed by atoms with Gasteiger partial charge in [0, 0.05) is 6.07 Å².